The molecule has 0 saturated heterocycles. The Morgan fingerprint density at radius 3 is 2.54 bits per heavy atom. The third kappa shape index (κ3) is 9.00. The molecule has 0 fully saturated rings. The molecule has 72 valence electrons. The van der Waals surface area contributed by atoms with E-state index in [9.17, 15) is 0 Å². The molecule has 0 rings (SSSR count). The zero-order valence-corrected chi connectivity index (χ0v) is 9.83. The molecule has 0 spiro atoms. The van der Waals surface area contributed by atoms with E-state index in [1.54, 1.807) is 0 Å². The van der Waals surface area contributed by atoms with Gasteiger partial charge in [0.05, 0.1) is 0 Å². The minimum atomic E-state index is -1.22. The van der Waals surface area contributed by atoms with Gasteiger partial charge in [-0.15, -0.1) is 11.5 Å². The van der Waals surface area contributed by atoms with Gasteiger partial charge in [0.2, 0.25) is 0 Å². The fourth-order valence-corrected chi connectivity index (χ4v) is 1.36. The highest BCUT2D eigenvalue weighted by Crippen LogP contribution is 2.02. The van der Waals surface area contributed by atoms with E-state index in [1.165, 1.54) is 0 Å². The van der Waals surface area contributed by atoms with Crippen LogP contribution >= 0.6 is 0 Å². The van der Waals surface area contributed by atoms with Crippen LogP contribution in [0.3, 0.4) is 0 Å². The maximum atomic E-state index is 8.10. The summed E-state index contributed by atoms with van der Waals surface area (Å²) in [5, 5.41) is 3.51. The second kappa shape index (κ2) is 5.68. The summed E-state index contributed by atoms with van der Waals surface area (Å²) in [5.41, 5.74) is 11.4. The SMILES string of the molecule is C[C@@H](CC#C[Si](C)(C)C)CN=[N+]=[N-]. The highest BCUT2D eigenvalue weighted by molar-refractivity contribution is 6.83. The van der Waals surface area contributed by atoms with Gasteiger partial charge < -0.3 is 0 Å². The highest BCUT2D eigenvalue weighted by Gasteiger charge is 2.07. The quantitative estimate of drug-likeness (QED) is 0.218. The first-order valence-corrected chi connectivity index (χ1v) is 7.96. The average molecular weight is 195 g/mol. The highest BCUT2D eigenvalue weighted by atomic mass is 28.3. The van der Waals surface area contributed by atoms with Crippen molar-refractivity contribution in [1.82, 2.24) is 0 Å². The van der Waals surface area contributed by atoms with Crippen LogP contribution in [0.4, 0.5) is 0 Å². The zero-order chi connectivity index (χ0) is 10.3. The standard InChI is InChI=1S/C9H17N3Si/c1-9(8-11-12-10)6-5-7-13(2,3)4/h9H,6,8H2,1-4H3/t9-/m0/s1. The Bertz CT molecular complexity index is 250. The summed E-state index contributed by atoms with van der Waals surface area (Å²) < 4.78 is 0. The first-order valence-electron chi connectivity index (χ1n) is 4.46. The monoisotopic (exact) mass is 195 g/mol. The topological polar surface area (TPSA) is 48.8 Å². The van der Waals surface area contributed by atoms with Crippen LogP contribution in [0, 0.1) is 17.4 Å². The van der Waals surface area contributed by atoms with Crippen molar-refractivity contribution in [3.05, 3.63) is 10.4 Å². The largest absolute Gasteiger partial charge is 0.132 e. The smallest absolute Gasteiger partial charge is 0.129 e. The Kier molecular flexibility index (Phi) is 5.29. The summed E-state index contributed by atoms with van der Waals surface area (Å²) >= 11 is 0. The minimum Gasteiger partial charge on any atom is -0.132 e. The van der Waals surface area contributed by atoms with Gasteiger partial charge in [0.25, 0.3) is 0 Å². The molecule has 1 atom stereocenters. The van der Waals surface area contributed by atoms with E-state index in [2.05, 4.69) is 41.1 Å². The van der Waals surface area contributed by atoms with Crippen LogP contribution in [0.1, 0.15) is 13.3 Å². The average Bonchev–Trinajstić information content (AvgIpc) is 1.98. The first-order chi connectivity index (χ1) is 5.95. The van der Waals surface area contributed by atoms with Crippen LogP contribution in [0.2, 0.25) is 19.6 Å². The van der Waals surface area contributed by atoms with E-state index in [4.69, 9.17) is 5.53 Å². The van der Waals surface area contributed by atoms with Gasteiger partial charge in [-0.3, -0.25) is 0 Å². The van der Waals surface area contributed by atoms with Gasteiger partial charge in [-0.05, 0) is 11.4 Å². The van der Waals surface area contributed by atoms with Crippen molar-refractivity contribution in [1.29, 1.82) is 0 Å². The van der Waals surface area contributed by atoms with Crippen molar-refractivity contribution in [2.24, 2.45) is 11.0 Å². The molecule has 0 aliphatic heterocycles. The number of hydrogen-bond donors (Lipinski definition) is 0. The third-order valence-corrected chi connectivity index (χ3v) is 2.30. The molecule has 13 heavy (non-hydrogen) atoms. The van der Waals surface area contributed by atoms with E-state index in [0.717, 1.165) is 6.42 Å². The molecular formula is C9H17N3Si. The molecule has 0 heterocycles. The van der Waals surface area contributed by atoms with Crippen LogP contribution in [0.25, 0.3) is 10.4 Å². The number of nitrogens with zero attached hydrogens (tertiary/aromatic N) is 3. The molecule has 0 aromatic heterocycles. The van der Waals surface area contributed by atoms with Crippen molar-refractivity contribution < 1.29 is 0 Å². The summed E-state index contributed by atoms with van der Waals surface area (Å²) in [6, 6.07) is 0. The van der Waals surface area contributed by atoms with Gasteiger partial charge in [-0.2, -0.15) is 0 Å². The molecular weight excluding hydrogens is 178 g/mol. The van der Waals surface area contributed by atoms with E-state index in [-0.39, 0.29) is 0 Å². The van der Waals surface area contributed by atoms with Crippen LogP contribution in [-0.2, 0) is 0 Å². The van der Waals surface area contributed by atoms with Gasteiger partial charge in [-0.25, -0.2) is 0 Å². The first kappa shape index (κ1) is 12.1. The Balaban J connectivity index is 3.85. The molecule has 3 nitrogen and oxygen atoms in total. The van der Waals surface area contributed by atoms with Crippen molar-refractivity contribution in [3.63, 3.8) is 0 Å². The summed E-state index contributed by atoms with van der Waals surface area (Å²) in [4.78, 5) is 2.72. The molecule has 0 radical (unpaired) electrons. The summed E-state index contributed by atoms with van der Waals surface area (Å²) in [5.74, 6) is 3.54. The summed E-state index contributed by atoms with van der Waals surface area (Å²) in [7, 11) is -1.22. The van der Waals surface area contributed by atoms with Crippen molar-refractivity contribution in [2.75, 3.05) is 6.54 Å². The Labute approximate surface area is 81.2 Å². The van der Waals surface area contributed by atoms with Crippen LogP contribution in [0.15, 0.2) is 5.11 Å². The Hall–Kier alpha value is -0.913. The number of hydrogen-bond acceptors (Lipinski definition) is 1. The summed E-state index contributed by atoms with van der Waals surface area (Å²) in [6.07, 6.45) is 0.837. The molecule has 0 aliphatic rings. The maximum Gasteiger partial charge on any atom is 0.129 e. The van der Waals surface area contributed by atoms with Crippen LogP contribution in [-0.4, -0.2) is 14.6 Å². The molecule has 0 unspecified atom stereocenters. The number of azide groups is 1. The van der Waals surface area contributed by atoms with Gasteiger partial charge in [0.15, 0.2) is 0 Å². The lowest BCUT2D eigenvalue weighted by Crippen LogP contribution is -2.16. The predicted molar refractivity (Wildman–Crippen MR) is 58.9 cm³/mol. The zero-order valence-electron chi connectivity index (χ0n) is 8.83. The van der Waals surface area contributed by atoms with Gasteiger partial charge in [0, 0.05) is 17.9 Å². The van der Waals surface area contributed by atoms with E-state index in [0.29, 0.717) is 12.5 Å². The second-order valence-corrected chi connectivity index (χ2v) is 9.02. The molecule has 0 aromatic carbocycles. The predicted octanol–water partition coefficient (Wildman–Crippen LogP) is 3.20. The third-order valence-electron chi connectivity index (χ3n) is 1.37. The minimum absolute atomic E-state index is 0.375. The van der Waals surface area contributed by atoms with Crippen LogP contribution < -0.4 is 0 Å². The fourth-order valence-electron chi connectivity index (χ4n) is 0.731. The lowest BCUT2D eigenvalue weighted by Gasteiger charge is -2.05. The van der Waals surface area contributed by atoms with E-state index < -0.39 is 8.07 Å². The van der Waals surface area contributed by atoms with Crippen molar-refractivity contribution >= 4 is 8.07 Å². The Morgan fingerprint density at radius 2 is 2.08 bits per heavy atom. The molecule has 0 aromatic rings. The molecule has 0 amide bonds. The van der Waals surface area contributed by atoms with E-state index >= 15 is 0 Å². The lowest BCUT2D eigenvalue weighted by molar-refractivity contribution is 0.613. The fraction of sp³-hybridized carbons (Fsp3) is 0.778. The normalized spacial score (nSPS) is 12.3. The molecule has 0 saturated carbocycles. The lowest BCUT2D eigenvalue weighted by atomic mass is 10.1. The van der Waals surface area contributed by atoms with Crippen molar-refractivity contribution in [2.45, 2.75) is 33.0 Å². The maximum absolute atomic E-state index is 8.10. The van der Waals surface area contributed by atoms with Gasteiger partial charge >= 0.3 is 0 Å². The molecule has 0 N–H and O–H groups in total. The molecule has 0 bridgehead atoms. The van der Waals surface area contributed by atoms with Crippen LogP contribution in [0.5, 0.6) is 0 Å². The molecule has 4 heteroatoms. The van der Waals surface area contributed by atoms with Gasteiger partial charge in [-0.1, -0.05) is 31.7 Å². The Morgan fingerprint density at radius 1 is 1.46 bits per heavy atom. The number of rotatable bonds is 3. The summed E-state index contributed by atoms with van der Waals surface area (Å²) in [6.45, 7) is 9.26. The second-order valence-electron chi connectivity index (χ2n) is 4.27. The van der Waals surface area contributed by atoms with Crippen molar-refractivity contribution in [3.8, 4) is 11.5 Å². The van der Waals surface area contributed by atoms with Gasteiger partial charge in [0.1, 0.15) is 8.07 Å². The van der Waals surface area contributed by atoms with E-state index in [1.807, 2.05) is 6.92 Å². The molecule has 0 aliphatic carbocycles.